The molecular formula is C23H20. The lowest BCUT2D eigenvalue weighted by Gasteiger charge is -2.14. The SMILES string of the molecule is CCc1ccc(-c2ccc(C)c3ccccc23)c2ccccc12. The maximum atomic E-state index is 2.29. The van der Waals surface area contributed by atoms with Crippen LogP contribution in [0.2, 0.25) is 0 Å². The Kier molecular flexibility index (Phi) is 3.38. The van der Waals surface area contributed by atoms with Gasteiger partial charge in [-0.1, -0.05) is 79.7 Å². The van der Waals surface area contributed by atoms with E-state index in [0.717, 1.165) is 6.42 Å². The van der Waals surface area contributed by atoms with E-state index in [4.69, 9.17) is 0 Å². The summed E-state index contributed by atoms with van der Waals surface area (Å²) in [6.45, 7) is 4.41. The highest BCUT2D eigenvalue weighted by molar-refractivity contribution is 6.06. The van der Waals surface area contributed by atoms with Crippen molar-refractivity contribution in [3.8, 4) is 11.1 Å². The average Bonchev–Trinajstić information content (AvgIpc) is 2.62. The van der Waals surface area contributed by atoms with Gasteiger partial charge in [0, 0.05) is 0 Å². The second-order valence-corrected chi connectivity index (χ2v) is 6.15. The Morgan fingerprint density at radius 2 is 1.09 bits per heavy atom. The predicted molar refractivity (Wildman–Crippen MR) is 101 cm³/mol. The molecule has 0 saturated carbocycles. The quantitative estimate of drug-likeness (QED) is 0.394. The summed E-state index contributed by atoms with van der Waals surface area (Å²) in [5, 5.41) is 5.40. The normalized spacial score (nSPS) is 11.2. The number of benzene rings is 4. The van der Waals surface area contributed by atoms with Crippen LogP contribution >= 0.6 is 0 Å². The second kappa shape index (κ2) is 5.55. The van der Waals surface area contributed by atoms with Crippen molar-refractivity contribution >= 4 is 21.5 Å². The van der Waals surface area contributed by atoms with Crippen LogP contribution in [0, 0.1) is 6.92 Å². The first kappa shape index (κ1) is 14.0. The van der Waals surface area contributed by atoms with Gasteiger partial charge < -0.3 is 0 Å². The monoisotopic (exact) mass is 296 g/mol. The zero-order chi connectivity index (χ0) is 15.8. The lowest BCUT2D eigenvalue weighted by atomic mass is 9.90. The van der Waals surface area contributed by atoms with Crippen LogP contribution in [0.3, 0.4) is 0 Å². The number of rotatable bonds is 2. The molecule has 0 bridgehead atoms. The average molecular weight is 296 g/mol. The van der Waals surface area contributed by atoms with Crippen molar-refractivity contribution < 1.29 is 0 Å². The van der Waals surface area contributed by atoms with E-state index < -0.39 is 0 Å². The molecule has 0 aliphatic carbocycles. The maximum absolute atomic E-state index is 2.29. The molecule has 0 fully saturated rings. The summed E-state index contributed by atoms with van der Waals surface area (Å²) in [5.74, 6) is 0. The summed E-state index contributed by atoms with van der Waals surface area (Å²) >= 11 is 0. The molecule has 0 amide bonds. The highest BCUT2D eigenvalue weighted by atomic mass is 14.1. The van der Waals surface area contributed by atoms with Gasteiger partial charge in [-0.05, 0) is 57.1 Å². The van der Waals surface area contributed by atoms with Crippen molar-refractivity contribution in [2.24, 2.45) is 0 Å². The standard InChI is InChI=1S/C23H20/c1-3-17-13-15-23(21-11-7-5-9-19(17)21)22-14-12-16(2)18-8-4-6-10-20(18)22/h4-15H,3H2,1-2H3. The summed E-state index contributed by atoms with van der Waals surface area (Å²) in [6.07, 6.45) is 1.06. The van der Waals surface area contributed by atoms with Crippen LogP contribution in [0.15, 0.2) is 72.8 Å². The van der Waals surface area contributed by atoms with Gasteiger partial charge in [0.2, 0.25) is 0 Å². The van der Waals surface area contributed by atoms with E-state index in [9.17, 15) is 0 Å². The Morgan fingerprint density at radius 3 is 1.74 bits per heavy atom. The van der Waals surface area contributed by atoms with Crippen LogP contribution in [0.5, 0.6) is 0 Å². The Balaban J connectivity index is 2.10. The van der Waals surface area contributed by atoms with Crippen LogP contribution in [0.4, 0.5) is 0 Å². The lowest BCUT2D eigenvalue weighted by Crippen LogP contribution is -1.89. The van der Waals surface area contributed by atoms with Gasteiger partial charge in [0.1, 0.15) is 0 Å². The van der Waals surface area contributed by atoms with Crippen molar-refractivity contribution in [3.63, 3.8) is 0 Å². The molecule has 0 aliphatic heterocycles. The first-order valence-corrected chi connectivity index (χ1v) is 8.29. The number of hydrogen-bond donors (Lipinski definition) is 0. The first-order valence-electron chi connectivity index (χ1n) is 8.29. The van der Waals surface area contributed by atoms with Gasteiger partial charge in [-0.25, -0.2) is 0 Å². The molecule has 0 heterocycles. The van der Waals surface area contributed by atoms with Crippen molar-refractivity contribution in [1.29, 1.82) is 0 Å². The molecule has 4 aromatic rings. The Bertz CT molecular complexity index is 1010. The molecule has 0 aromatic heterocycles. The molecule has 4 aromatic carbocycles. The molecule has 0 saturated heterocycles. The zero-order valence-corrected chi connectivity index (χ0v) is 13.6. The molecule has 23 heavy (non-hydrogen) atoms. The molecule has 0 unspecified atom stereocenters. The largest absolute Gasteiger partial charge is 0.0616 e. The minimum Gasteiger partial charge on any atom is -0.0616 e. The van der Waals surface area contributed by atoms with Gasteiger partial charge in [-0.15, -0.1) is 0 Å². The highest BCUT2D eigenvalue weighted by Crippen LogP contribution is 2.36. The van der Waals surface area contributed by atoms with Crippen LogP contribution in [-0.4, -0.2) is 0 Å². The molecule has 0 atom stereocenters. The minimum absolute atomic E-state index is 1.06. The van der Waals surface area contributed by atoms with E-state index in [1.807, 2.05) is 0 Å². The predicted octanol–water partition coefficient (Wildman–Crippen LogP) is 6.53. The Labute approximate surface area is 137 Å². The number of aryl methyl sites for hydroxylation is 2. The molecular weight excluding hydrogens is 276 g/mol. The summed E-state index contributed by atoms with van der Waals surface area (Å²) in [4.78, 5) is 0. The topological polar surface area (TPSA) is 0 Å². The fourth-order valence-electron chi connectivity index (χ4n) is 3.59. The number of hydrogen-bond acceptors (Lipinski definition) is 0. The zero-order valence-electron chi connectivity index (χ0n) is 13.6. The van der Waals surface area contributed by atoms with Crippen LogP contribution in [-0.2, 0) is 6.42 Å². The van der Waals surface area contributed by atoms with E-state index in [2.05, 4.69) is 86.6 Å². The Morgan fingerprint density at radius 1 is 0.565 bits per heavy atom. The summed E-state index contributed by atoms with van der Waals surface area (Å²) in [7, 11) is 0. The summed E-state index contributed by atoms with van der Waals surface area (Å²) in [6, 6.07) is 26.6. The van der Waals surface area contributed by atoms with Gasteiger partial charge in [-0.2, -0.15) is 0 Å². The lowest BCUT2D eigenvalue weighted by molar-refractivity contribution is 1.16. The van der Waals surface area contributed by atoms with Gasteiger partial charge in [0.05, 0.1) is 0 Å². The molecule has 0 nitrogen and oxygen atoms in total. The van der Waals surface area contributed by atoms with E-state index in [1.165, 1.54) is 43.8 Å². The van der Waals surface area contributed by atoms with Gasteiger partial charge in [0.25, 0.3) is 0 Å². The number of fused-ring (bicyclic) bond motifs is 2. The molecule has 0 spiro atoms. The Hall–Kier alpha value is -2.60. The molecule has 0 aliphatic rings. The smallest absolute Gasteiger partial charge is 0.00990 e. The van der Waals surface area contributed by atoms with Gasteiger partial charge >= 0.3 is 0 Å². The maximum Gasteiger partial charge on any atom is -0.00990 e. The van der Waals surface area contributed by atoms with Crippen molar-refractivity contribution in [2.45, 2.75) is 20.3 Å². The van der Waals surface area contributed by atoms with E-state index in [-0.39, 0.29) is 0 Å². The summed E-state index contributed by atoms with van der Waals surface area (Å²) < 4.78 is 0. The molecule has 112 valence electrons. The fourth-order valence-corrected chi connectivity index (χ4v) is 3.59. The van der Waals surface area contributed by atoms with Gasteiger partial charge in [-0.3, -0.25) is 0 Å². The van der Waals surface area contributed by atoms with Crippen LogP contribution < -0.4 is 0 Å². The minimum atomic E-state index is 1.06. The second-order valence-electron chi connectivity index (χ2n) is 6.15. The highest BCUT2D eigenvalue weighted by Gasteiger charge is 2.10. The van der Waals surface area contributed by atoms with E-state index in [1.54, 1.807) is 0 Å². The van der Waals surface area contributed by atoms with Crippen molar-refractivity contribution in [2.75, 3.05) is 0 Å². The first-order chi connectivity index (χ1) is 11.3. The van der Waals surface area contributed by atoms with Crippen molar-refractivity contribution in [1.82, 2.24) is 0 Å². The fraction of sp³-hybridized carbons (Fsp3) is 0.130. The molecule has 0 N–H and O–H groups in total. The molecule has 0 radical (unpaired) electrons. The third-order valence-electron chi connectivity index (χ3n) is 4.83. The van der Waals surface area contributed by atoms with E-state index >= 15 is 0 Å². The third kappa shape index (κ3) is 2.22. The van der Waals surface area contributed by atoms with Crippen LogP contribution in [0.1, 0.15) is 18.1 Å². The molecule has 0 heteroatoms. The van der Waals surface area contributed by atoms with E-state index in [0.29, 0.717) is 0 Å². The third-order valence-corrected chi connectivity index (χ3v) is 4.83. The van der Waals surface area contributed by atoms with Gasteiger partial charge in [0.15, 0.2) is 0 Å². The van der Waals surface area contributed by atoms with Crippen molar-refractivity contribution in [3.05, 3.63) is 83.9 Å². The molecule has 4 rings (SSSR count). The van der Waals surface area contributed by atoms with Crippen LogP contribution in [0.25, 0.3) is 32.7 Å². The summed E-state index contributed by atoms with van der Waals surface area (Å²) in [5.41, 5.74) is 5.40.